The van der Waals surface area contributed by atoms with Crippen molar-refractivity contribution in [1.82, 2.24) is 4.90 Å². The second kappa shape index (κ2) is 13.8. The smallest absolute Gasteiger partial charge is 0.253 e. The van der Waals surface area contributed by atoms with Gasteiger partial charge in [0, 0.05) is 42.5 Å². The lowest BCUT2D eigenvalue weighted by atomic mass is 10.1. The maximum atomic E-state index is 12.7. The second-order valence-corrected chi connectivity index (χ2v) is 8.38. The molecule has 0 aliphatic carbocycles. The van der Waals surface area contributed by atoms with E-state index in [0.717, 1.165) is 38.0 Å². The molecule has 0 bridgehead atoms. The zero-order valence-electron chi connectivity index (χ0n) is 20.6. The number of hydrogen-bond acceptors (Lipinski definition) is 4. The minimum Gasteiger partial charge on any atom is -0.493 e. The molecule has 184 valence electrons. The Labute approximate surface area is 208 Å². The van der Waals surface area contributed by atoms with Gasteiger partial charge < -0.3 is 20.3 Å². The second-order valence-electron chi connectivity index (χ2n) is 8.38. The quantitative estimate of drug-likeness (QED) is 0.338. The molecule has 0 heterocycles. The van der Waals surface area contributed by atoms with Crippen molar-refractivity contribution in [3.8, 4) is 5.75 Å². The predicted octanol–water partition coefficient (Wildman–Crippen LogP) is 5.62. The molecule has 2 amide bonds. The van der Waals surface area contributed by atoms with Crippen LogP contribution in [-0.4, -0.2) is 43.0 Å². The van der Waals surface area contributed by atoms with E-state index in [2.05, 4.69) is 36.6 Å². The molecule has 0 atom stereocenters. The van der Waals surface area contributed by atoms with Crippen molar-refractivity contribution < 1.29 is 14.3 Å². The number of hydrogen-bond donors (Lipinski definition) is 2. The summed E-state index contributed by atoms with van der Waals surface area (Å²) in [4.78, 5) is 27.0. The molecule has 0 aliphatic heterocycles. The zero-order chi connectivity index (χ0) is 24.9. The van der Waals surface area contributed by atoms with E-state index in [9.17, 15) is 9.59 Å². The van der Waals surface area contributed by atoms with E-state index in [1.807, 2.05) is 59.5 Å². The average Bonchev–Trinajstić information content (AvgIpc) is 2.88. The SMILES string of the molecule is CCCN(CCC)C(=O)c1ccc(NCC(=O)Nc2cccc(OCCc3ccccc3)c2)cc1. The molecule has 2 N–H and O–H groups in total. The van der Waals surface area contributed by atoms with Crippen LogP contribution in [0.1, 0.15) is 42.6 Å². The molecular weight excluding hydrogens is 438 g/mol. The first-order valence-corrected chi connectivity index (χ1v) is 12.3. The van der Waals surface area contributed by atoms with Crippen LogP contribution >= 0.6 is 0 Å². The third-order valence-corrected chi connectivity index (χ3v) is 5.48. The number of carbonyl (C=O) groups is 2. The molecule has 3 rings (SSSR count). The van der Waals surface area contributed by atoms with Gasteiger partial charge in [-0.3, -0.25) is 9.59 Å². The molecular formula is C29H35N3O3. The van der Waals surface area contributed by atoms with Crippen molar-refractivity contribution in [3.05, 3.63) is 90.0 Å². The van der Waals surface area contributed by atoms with E-state index in [1.165, 1.54) is 5.56 Å². The van der Waals surface area contributed by atoms with Gasteiger partial charge in [-0.2, -0.15) is 0 Å². The Morgan fingerprint density at radius 1 is 0.829 bits per heavy atom. The van der Waals surface area contributed by atoms with Gasteiger partial charge in [0.2, 0.25) is 5.91 Å². The van der Waals surface area contributed by atoms with Gasteiger partial charge in [-0.25, -0.2) is 0 Å². The van der Waals surface area contributed by atoms with Gasteiger partial charge in [-0.05, 0) is 54.8 Å². The van der Waals surface area contributed by atoms with Gasteiger partial charge in [0.05, 0.1) is 13.2 Å². The summed E-state index contributed by atoms with van der Waals surface area (Å²) in [7, 11) is 0. The molecule has 6 heteroatoms. The lowest BCUT2D eigenvalue weighted by molar-refractivity contribution is -0.114. The van der Waals surface area contributed by atoms with E-state index in [1.54, 1.807) is 12.1 Å². The molecule has 0 saturated heterocycles. The fourth-order valence-electron chi connectivity index (χ4n) is 3.75. The zero-order valence-corrected chi connectivity index (χ0v) is 20.6. The van der Waals surface area contributed by atoms with Crippen molar-refractivity contribution in [3.63, 3.8) is 0 Å². The third-order valence-electron chi connectivity index (χ3n) is 5.48. The highest BCUT2D eigenvalue weighted by atomic mass is 16.5. The fraction of sp³-hybridized carbons (Fsp3) is 0.310. The molecule has 0 fully saturated rings. The van der Waals surface area contributed by atoms with E-state index in [0.29, 0.717) is 23.6 Å². The van der Waals surface area contributed by atoms with Crippen molar-refractivity contribution in [2.75, 3.05) is 36.9 Å². The maximum absolute atomic E-state index is 12.7. The minimum absolute atomic E-state index is 0.0452. The first-order chi connectivity index (χ1) is 17.1. The van der Waals surface area contributed by atoms with Gasteiger partial charge >= 0.3 is 0 Å². The van der Waals surface area contributed by atoms with E-state index in [-0.39, 0.29) is 18.4 Å². The Hall–Kier alpha value is -3.80. The number of benzene rings is 3. The normalized spacial score (nSPS) is 10.5. The summed E-state index contributed by atoms with van der Waals surface area (Å²) in [6.45, 7) is 6.34. The number of nitrogens with one attached hydrogen (secondary N) is 2. The predicted molar refractivity (Wildman–Crippen MR) is 142 cm³/mol. The number of carbonyl (C=O) groups excluding carboxylic acids is 2. The fourth-order valence-corrected chi connectivity index (χ4v) is 3.75. The third kappa shape index (κ3) is 8.49. The Balaban J connectivity index is 1.46. The highest BCUT2D eigenvalue weighted by molar-refractivity contribution is 5.95. The van der Waals surface area contributed by atoms with Crippen LogP contribution in [0.4, 0.5) is 11.4 Å². The van der Waals surface area contributed by atoms with Crippen LogP contribution in [0.25, 0.3) is 0 Å². The van der Waals surface area contributed by atoms with Crippen molar-refractivity contribution >= 4 is 23.2 Å². The van der Waals surface area contributed by atoms with Crippen molar-refractivity contribution in [2.45, 2.75) is 33.1 Å². The van der Waals surface area contributed by atoms with Crippen LogP contribution in [0.15, 0.2) is 78.9 Å². The molecule has 0 radical (unpaired) electrons. The highest BCUT2D eigenvalue weighted by Gasteiger charge is 2.14. The molecule has 3 aromatic rings. The maximum Gasteiger partial charge on any atom is 0.253 e. The van der Waals surface area contributed by atoms with E-state index in [4.69, 9.17) is 4.74 Å². The Morgan fingerprint density at radius 2 is 1.54 bits per heavy atom. The molecule has 0 unspecified atom stereocenters. The van der Waals surface area contributed by atoms with Crippen LogP contribution < -0.4 is 15.4 Å². The first kappa shape index (κ1) is 25.8. The summed E-state index contributed by atoms with van der Waals surface area (Å²) < 4.78 is 5.84. The van der Waals surface area contributed by atoms with Gasteiger partial charge in [0.15, 0.2) is 0 Å². The standard InChI is InChI=1S/C29H35N3O3/c1-3-18-32(19-4-2)29(34)24-13-15-25(16-14-24)30-22-28(33)31-26-11-8-12-27(21-26)35-20-17-23-9-6-5-7-10-23/h5-16,21,30H,3-4,17-20,22H2,1-2H3,(H,31,33). The van der Waals surface area contributed by atoms with Crippen LogP contribution in [0.2, 0.25) is 0 Å². The highest BCUT2D eigenvalue weighted by Crippen LogP contribution is 2.18. The van der Waals surface area contributed by atoms with Gasteiger partial charge in [0.1, 0.15) is 5.75 Å². The summed E-state index contributed by atoms with van der Waals surface area (Å²) in [5.41, 5.74) is 3.35. The number of anilines is 2. The lowest BCUT2D eigenvalue weighted by Crippen LogP contribution is -2.32. The number of nitrogens with zero attached hydrogens (tertiary/aromatic N) is 1. The van der Waals surface area contributed by atoms with Crippen LogP contribution in [-0.2, 0) is 11.2 Å². The first-order valence-electron chi connectivity index (χ1n) is 12.3. The molecule has 3 aromatic carbocycles. The molecule has 0 spiro atoms. The monoisotopic (exact) mass is 473 g/mol. The summed E-state index contributed by atoms with van der Waals surface area (Å²) >= 11 is 0. The minimum atomic E-state index is -0.163. The van der Waals surface area contributed by atoms with E-state index >= 15 is 0 Å². The van der Waals surface area contributed by atoms with E-state index < -0.39 is 0 Å². The Morgan fingerprint density at radius 3 is 2.23 bits per heavy atom. The van der Waals surface area contributed by atoms with Crippen molar-refractivity contribution in [1.29, 1.82) is 0 Å². The topological polar surface area (TPSA) is 70.7 Å². The molecule has 0 aliphatic rings. The van der Waals surface area contributed by atoms with Crippen LogP contribution in [0.5, 0.6) is 5.75 Å². The van der Waals surface area contributed by atoms with Crippen LogP contribution in [0, 0.1) is 0 Å². The summed E-state index contributed by atoms with van der Waals surface area (Å²) in [5, 5.41) is 6.00. The largest absolute Gasteiger partial charge is 0.493 e. The lowest BCUT2D eigenvalue weighted by Gasteiger charge is -2.21. The number of rotatable bonds is 13. The summed E-state index contributed by atoms with van der Waals surface area (Å²) in [6.07, 6.45) is 2.69. The molecule has 6 nitrogen and oxygen atoms in total. The van der Waals surface area contributed by atoms with Crippen molar-refractivity contribution in [2.24, 2.45) is 0 Å². The van der Waals surface area contributed by atoms with Gasteiger partial charge in [-0.1, -0.05) is 50.2 Å². The van der Waals surface area contributed by atoms with Crippen LogP contribution in [0.3, 0.4) is 0 Å². The van der Waals surface area contributed by atoms with Gasteiger partial charge in [0.25, 0.3) is 5.91 Å². The summed E-state index contributed by atoms with van der Waals surface area (Å²) in [5.74, 6) is 0.597. The van der Waals surface area contributed by atoms with Gasteiger partial charge in [-0.15, -0.1) is 0 Å². The summed E-state index contributed by atoms with van der Waals surface area (Å²) in [6, 6.07) is 24.8. The average molecular weight is 474 g/mol. The Bertz CT molecular complexity index is 1060. The molecule has 0 aromatic heterocycles. The molecule has 35 heavy (non-hydrogen) atoms. The molecule has 0 saturated carbocycles. The number of amides is 2. The number of ether oxygens (including phenoxy) is 1. The Kier molecular flexibility index (Phi) is 10.2.